The first-order valence-corrected chi connectivity index (χ1v) is 11.8. The van der Waals surface area contributed by atoms with Gasteiger partial charge in [0, 0.05) is 30.9 Å². The summed E-state index contributed by atoms with van der Waals surface area (Å²) in [5, 5.41) is 5.13. The Morgan fingerprint density at radius 1 is 1.25 bits per heavy atom. The van der Waals surface area contributed by atoms with Gasteiger partial charge in [0.2, 0.25) is 5.91 Å². The van der Waals surface area contributed by atoms with Gasteiger partial charge in [-0.15, -0.1) is 0 Å². The number of hydrogen-bond acceptors (Lipinski definition) is 8. The van der Waals surface area contributed by atoms with E-state index < -0.39 is 27.3 Å². The van der Waals surface area contributed by atoms with Crippen LogP contribution in [0.5, 0.6) is 0 Å². The number of sulfone groups is 1. The van der Waals surface area contributed by atoms with Gasteiger partial charge >= 0.3 is 6.03 Å². The van der Waals surface area contributed by atoms with E-state index in [1.165, 1.54) is 7.05 Å². The molecule has 3 amide bonds. The van der Waals surface area contributed by atoms with Crippen molar-refractivity contribution in [1.82, 2.24) is 15.3 Å². The summed E-state index contributed by atoms with van der Waals surface area (Å²) in [5.74, 6) is -1.21. The van der Waals surface area contributed by atoms with Crippen LogP contribution in [0, 0.1) is 0 Å². The number of hydrogen-bond donors (Lipinski definition) is 3. The molecular weight excluding hydrogens is 436 g/mol. The lowest BCUT2D eigenvalue weighted by molar-refractivity contribution is -0.115. The summed E-state index contributed by atoms with van der Waals surface area (Å²) < 4.78 is 30.2. The van der Waals surface area contributed by atoms with Crippen LogP contribution in [0.15, 0.2) is 30.3 Å². The molecule has 1 atom stereocenters. The lowest BCUT2D eigenvalue weighted by Crippen LogP contribution is -2.44. The van der Waals surface area contributed by atoms with Gasteiger partial charge in [-0.25, -0.2) is 23.2 Å². The number of amides is 3. The Bertz CT molecular complexity index is 1090. The van der Waals surface area contributed by atoms with Crippen LogP contribution in [-0.2, 0) is 25.1 Å². The van der Waals surface area contributed by atoms with Crippen molar-refractivity contribution in [2.75, 3.05) is 42.8 Å². The third kappa shape index (κ3) is 6.14. The predicted octanol–water partition coefficient (Wildman–Crippen LogP) is 0.520. The number of urea groups is 1. The maximum Gasteiger partial charge on any atom is 0.318 e. The summed E-state index contributed by atoms with van der Waals surface area (Å²) >= 11 is 0. The molecule has 0 aliphatic carbocycles. The smallest absolute Gasteiger partial charge is 0.318 e. The van der Waals surface area contributed by atoms with Crippen molar-refractivity contribution < 1.29 is 22.7 Å². The number of benzene rings is 1. The van der Waals surface area contributed by atoms with E-state index in [2.05, 4.69) is 20.6 Å². The molecule has 1 aliphatic rings. The van der Waals surface area contributed by atoms with E-state index in [0.29, 0.717) is 42.7 Å². The molecule has 11 nitrogen and oxygen atoms in total. The van der Waals surface area contributed by atoms with Crippen molar-refractivity contribution in [3.8, 4) is 11.4 Å². The number of aromatic nitrogens is 2. The summed E-state index contributed by atoms with van der Waals surface area (Å²) in [6, 6.07) is 8.16. The highest BCUT2D eigenvalue weighted by atomic mass is 32.2. The van der Waals surface area contributed by atoms with Crippen LogP contribution in [0.1, 0.15) is 12.6 Å². The van der Waals surface area contributed by atoms with Gasteiger partial charge < -0.3 is 26.0 Å². The fourth-order valence-electron chi connectivity index (χ4n) is 3.29. The van der Waals surface area contributed by atoms with Crippen LogP contribution in [0.3, 0.4) is 0 Å². The molecule has 4 N–H and O–H groups in total. The SMILES string of the molecule is CNC(=O)Nc1ccc(-c2nc(CS(=O)(=O)CC(N)=O)cc(N3CCOC[C@@H]3C)n2)cc1. The molecule has 2 heterocycles. The number of nitrogens with one attached hydrogen (secondary N) is 2. The molecule has 172 valence electrons. The molecule has 0 bridgehead atoms. The minimum absolute atomic E-state index is 0.0423. The zero-order chi connectivity index (χ0) is 23.3. The molecule has 0 unspecified atom stereocenters. The highest BCUT2D eigenvalue weighted by Crippen LogP contribution is 2.25. The van der Waals surface area contributed by atoms with Gasteiger partial charge in [-0.1, -0.05) is 0 Å². The number of carbonyl (C=O) groups excluding carboxylic acids is 2. The average Bonchev–Trinajstić information content (AvgIpc) is 2.73. The van der Waals surface area contributed by atoms with Crippen LogP contribution < -0.4 is 21.3 Å². The minimum atomic E-state index is -3.78. The summed E-state index contributed by atoms with van der Waals surface area (Å²) in [6.07, 6.45) is 0. The molecule has 1 fully saturated rings. The summed E-state index contributed by atoms with van der Waals surface area (Å²) in [4.78, 5) is 33.7. The lowest BCUT2D eigenvalue weighted by atomic mass is 10.2. The van der Waals surface area contributed by atoms with Crippen LogP contribution in [0.4, 0.5) is 16.3 Å². The number of ether oxygens (including phenoxy) is 1. The van der Waals surface area contributed by atoms with Crippen molar-refractivity contribution in [3.63, 3.8) is 0 Å². The maximum absolute atomic E-state index is 12.3. The molecule has 32 heavy (non-hydrogen) atoms. The molecule has 0 spiro atoms. The Morgan fingerprint density at radius 2 is 1.97 bits per heavy atom. The minimum Gasteiger partial charge on any atom is -0.377 e. The monoisotopic (exact) mass is 462 g/mol. The van der Waals surface area contributed by atoms with Crippen molar-refractivity contribution in [2.24, 2.45) is 5.73 Å². The summed E-state index contributed by atoms with van der Waals surface area (Å²) in [5.41, 5.74) is 6.55. The van der Waals surface area contributed by atoms with Crippen molar-refractivity contribution in [1.29, 1.82) is 0 Å². The number of primary amides is 1. The number of nitrogens with two attached hydrogens (primary N) is 1. The van der Waals surface area contributed by atoms with Crippen LogP contribution >= 0.6 is 0 Å². The van der Waals surface area contributed by atoms with Gasteiger partial charge in [-0.2, -0.15) is 0 Å². The molecule has 12 heteroatoms. The van der Waals surface area contributed by atoms with E-state index >= 15 is 0 Å². The predicted molar refractivity (Wildman–Crippen MR) is 120 cm³/mol. The average molecular weight is 463 g/mol. The highest BCUT2D eigenvalue weighted by molar-refractivity contribution is 7.91. The van der Waals surface area contributed by atoms with E-state index in [0.717, 1.165) is 0 Å². The van der Waals surface area contributed by atoms with Crippen LogP contribution in [0.2, 0.25) is 0 Å². The molecule has 2 aromatic rings. The molecule has 3 rings (SSSR count). The summed E-state index contributed by atoms with van der Waals surface area (Å²) in [7, 11) is -2.26. The quantitative estimate of drug-likeness (QED) is 0.537. The first kappa shape index (κ1) is 23.4. The molecule has 1 saturated heterocycles. The second-order valence-electron chi connectivity index (χ2n) is 7.44. The highest BCUT2D eigenvalue weighted by Gasteiger charge is 2.24. The Balaban J connectivity index is 1.98. The molecule has 1 aromatic carbocycles. The number of nitrogens with zero attached hydrogens (tertiary/aromatic N) is 3. The molecular formula is C20H26N6O5S. The van der Waals surface area contributed by atoms with Gasteiger partial charge in [-0.3, -0.25) is 4.79 Å². The van der Waals surface area contributed by atoms with Gasteiger partial charge in [0.15, 0.2) is 15.7 Å². The normalized spacial score (nSPS) is 16.4. The largest absolute Gasteiger partial charge is 0.377 e. The first-order valence-electron chi connectivity index (χ1n) is 9.97. The van der Waals surface area contributed by atoms with Crippen LogP contribution in [-0.4, -0.2) is 68.9 Å². The fourth-order valence-corrected chi connectivity index (χ4v) is 4.42. The Morgan fingerprint density at radius 3 is 2.59 bits per heavy atom. The van der Waals surface area contributed by atoms with E-state index in [1.54, 1.807) is 30.3 Å². The Labute approximate surface area is 186 Å². The standard InChI is InChI=1S/C20H26N6O5S/c1-13-10-31-8-7-26(13)18-9-16(11-32(29,30)12-17(21)27)23-19(25-18)14-3-5-15(6-4-14)24-20(28)22-2/h3-6,9,13H,7-8,10-12H2,1-2H3,(H2,21,27)(H2,22,24,28)/t13-/m0/s1. The number of anilines is 2. The molecule has 0 saturated carbocycles. The summed E-state index contributed by atoms with van der Waals surface area (Å²) in [6.45, 7) is 3.64. The third-order valence-corrected chi connectivity index (χ3v) is 6.25. The lowest BCUT2D eigenvalue weighted by Gasteiger charge is -2.34. The van der Waals surface area contributed by atoms with Gasteiger partial charge in [0.25, 0.3) is 0 Å². The van der Waals surface area contributed by atoms with E-state index in [9.17, 15) is 18.0 Å². The molecule has 1 aliphatic heterocycles. The zero-order valence-corrected chi connectivity index (χ0v) is 18.7. The van der Waals surface area contributed by atoms with E-state index in [4.69, 9.17) is 10.5 Å². The van der Waals surface area contributed by atoms with Gasteiger partial charge in [0.1, 0.15) is 11.6 Å². The molecule has 1 aromatic heterocycles. The number of carbonyl (C=O) groups is 2. The first-order chi connectivity index (χ1) is 15.2. The Kier molecular flexibility index (Phi) is 7.26. The zero-order valence-electron chi connectivity index (χ0n) is 17.9. The third-order valence-electron chi connectivity index (χ3n) is 4.79. The van der Waals surface area contributed by atoms with Crippen molar-refractivity contribution in [3.05, 3.63) is 36.0 Å². The number of morpholine rings is 1. The molecule has 0 radical (unpaired) electrons. The second-order valence-corrected chi connectivity index (χ2v) is 9.50. The fraction of sp³-hybridized carbons (Fsp3) is 0.400. The van der Waals surface area contributed by atoms with E-state index in [-0.39, 0.29) is 17.8 Å². The second kappa shape index (κ2) is 9.92. The van der Waals surface area contributed by atoms with Crippen molar-refractivity contribution in [2.45, 2.75) is 18.7 Å². The van der Waals surface area contributed by atoms with Gasteiger partial charge in [0.05, 0.1) is 30.7 Å². The van der Waals surface area contributed by atoms with E-state index in [1.807, 2.05) is 11.8 Å². The van der Waals surface area contributed by atoms with Crippen molar-refractivity contribution >= 4 is 33.3 Å². The Hall–Kier alpha value is -3.25. The topological polar surface area (TPSA) is 157 Å². The van der Waals surface area contributed by atoms with Crippen LogP contribution in [0.25, 0.3) is 11.4 Å². The number of rotatable bonds is 7. The van der Waals surface area contributed by atoms with Gasteiger partial charge in [-0.05, 0) is 31.2 Å². The maximum atomic E-state index is 12.3.